The second-order valence-electron chi connectivity index (χ2n) is 6.15. The zero-order chi connectivity index (χ0) is 17.5. The summed E-state index contributed by atoms with van der Waals surface area (Å²) in [5.41, 5.74) is -0.0174. The van der Waals surface area contributed by atoms with E-state index in [4.69, 9.17) is 27.9 Å². The monoisotopic (exact) mass is 389 g/mol. The summed E-state index contributed by atoms with van der Waals surface area (Å²) < 4.78 is 32.7. The first-order chi connectivity index (χ1) is 11.2. The van der Waals surface area contributed by atoms with Gasteiger partial charge in [0.05, 0.1) is 11.4 Å². The Hall–Kier alpha value is -1.08. The Bertz CT molecular complexity index is 776. The number of sulfonamides is 1. The molecule has 3 rings (SSSR count). The quantitative estimate of drug-likeness (QED) is 0.451. The zero-order valence-corrected chi connectivity index (χ0v) is 15.3. The molecule has 2 bridgehead atoms. The maximum Gasteiger partial charge on any atom is 0.340 e. The van der Waals surface area contributed by atoms with Crippen molar-refractivity contribution in [2.75, 3.05) is 6.54 Å². The van der Waals surface area contributed by atoms with Crippen LogP contribution in [0.15, 0.2) is 41.3 Å². The van der Waals surface area contributed by atoms with Crippen molar-refractivity contribution >= 4 is 39.2 Å². The van der Waals surface area contributed by atoms with Gasteiger partial charge in [-0.1, -0.05) is 47.0 Å². The molecule has 5 nitrogen and oxygen atoms in total. The number of rotatable bonds is 4. The number of aryl methyl sites for hydroxylation is 1. The Labute approximate surface area is 151 Å². The van der Waals surface area contributed by atoms with Gasteiger partial charge in [-0.2, -0.15) is 4.31 Å². The fourth-order valence-electron chi connectivity index (χ4n) is 3.20. The number of hydrogen-bond donors (Lipinski definition) is 0. The predicted octanol–water partition coefficient (Wildman–Crippen LogP) is 2.80. The lowest BCUT2D eigenvalue weighted by atomic mass is 9.93. The summed E-state index contributed by atoms with van der Waals surface area (Å²) in [7, 11) is -3.67. The molecule has 0 spiro atoms. The molecule has 2 aliphatic rings. The van der Waals surface area contributed by atoms with Crippen molar-refractivity contribution in [3.05, 3.63) is 42.0 Å². The average Bonchev–Trinajstić information content (AvgIpc) is 2.78. The molecule has 0 radical (unpaired) electrons. The minimum Gasteiger partial charge on any atom is -0.451 e. The van der Waals surface area contributed by atoms with Gasteiger partial charge in [-0.25, -0.2) is 13.2 Å². The van der Waals surface area contributed by atoms with Crippen molar-refractivity contribution in [1.29, 1.82) is 0 Å². The average molecular weight is 390 g/mol. The van der Waals surface area contributed by atoms with Gasteiger partial charge in [0.1, 0.15) is 5.60 Å². The second kappa shape index (κ2) is 6.33. The fourth-order valence-corrected chi connectivity index (χ4v) is 4.98. The van der Waals surface area contributed by atoms with Crippen LogP contribution >= 0.6 is 23.2 Å². The minimum atomic E-state index is -3.67. The summed E-state index contributed by atoms with van der Waals surface area (Å²) in [6, 6.07) is 6.45. The summed E-state index contributed by atoms with van der Waals surface area (Å²) in [6.07, 6.45) is 4.56. The van der Waals surface area contributed by atoms with Crippen molar-refractivity contribution in [3.63, 3.8) is 0 Å². The fraction of sp³-hybridized carbons (Fsp3) is 0.438. The number of carbonyl (C=O) groups is 1. The van der Waals surface area contributed by atoms with E-state index in [1.807, 2.05) is 13.0 Å². The molecule has 1 aromatic rings. The molecule has 0 aromatic heterocycles. The molecule has 8 heteroatoms. The van der Waals surface area contributed by atoms with E-state index in [0.717, 1.165) is 5.56 Å². The number of hydrogen-bond acceptors (Lipinski definition) is 4. The number of nitrogens with zero attached hydrogens (tertiary/aromatic N) is 1. The molecule has 0 amide bonds. The van der Waals surface area contributed by atoms with Crippen LogP contribution in [0.5, 0.6) is 0 Å². The van der Waals surface area contributed by atoms with Gasteiger partial charge < -0.3 is 4.74 Å². The highest BCUT2D eigenvalue weighted by atomic mass is 35.5. The third-order valence-corrected chi connectivity index (χ3v) is 6.62. The van der Waals surface area contributed by atoms with Crippen LogP contribution in [0.25, 0.3) is 0 Å². The van der Waals surface area contributed by atoms with Crippen LogP contribution in [0.2, 0.25) is 0 Å². The highest BCUT2D eigenvalue weighted by molar-refractivity contribution is 7.89. The molecule has 0 saturated carbocycles. The van der Waals surface area contributed by atoms with Gasteiger partial charge in [0.2, 0.25) is 14.9 Å². The van der Waals surface area contributed by atoms with Gasteiger partial charge in [0, 0.05) is 12.5 Å². The van der Waals surface area contributed by atoms with Crippen LogP contribution in [0.1, 0.15) is 18.4 Å². The van der Waals surface area contributed by atoms with Crippen molar-refractivity contribution in [3.8, 4) is 0 Å². The lowest BCUT2D eigenvalue weighted by Gasteiger charge is -2.27. The number of alkyl halides is 2. The molecule has 2 atom stereocenters. The third kappa shape index (κ3) is 3.20. The summed E-state index contributed by atoms with van der Waals surface area (Å²) in [4.78, 5) is 10.7. The highest BCUT2D eigenvalue weighted by Gasteiger charge is 2.51. The van der Waals surface area contributed by atoms with Gasteiger partial charge in [-0.3, -0.25) is 0 Å². The molecular formula is C16H17Cl2NO4S. The van der Waals surface area contributed by atoms with E-state index in [0.29, 0.717) is 12.8 Å². The van der Waals surface area contributed by atoms with Crippen molar-refractivity contribution in [2.45, 2.75) is 41.1 Å². The van der Waals surface area contributed by atoms with E-state index in [-0.39, 0.29) is 17.5 Å². The molecule has 0 N–H and O–H groups in total. The molecule has 1 saturated heterocycles. The highest BCUT2D eigenvalue weighted by Crippen LogP contribution is 2.40. The van der Waals surface area contributed by atoms with E-state index in [1.54, 1.807) is 30.3 Å². The lowest BCUT2D eigenvalue weighted by Crippen LogP contribution is -2.39. The lowest BCUT2D eigenvalue weighted by molar-refractivity contribution is -0.151. The normalized spacial score (nSPS) is 26.8. The summed E-state index contributed by atoms with van der Waals surface area (Å²) >= 11 is 11.1. The van der Waals surface area contributed by atoms with E-state index >= 15 is 0 Å². The zero-order valence-electron chi connectivity index (χ0n) is 13.0. The maximum absolute atomic E-state index is 13.0. The largest absolute Gasteiger partial charge is 0.451 e. The Kier molecular flexibility index (Phi) is 4.68. The number of ether oxygens (including phenoxy) is 1. The van der Waals surface area contributed by atoms with Gasteiger partial charge >= 0.3 is 5.97 Å². The van der Waals surface area contributed by atoms with E-state index in [9.17, 15) is 13.2 Å². The third-order valence-electron chi connectivity index (χ3n) is 4.35. The number of benzene rings is 1. The molecular weight excluding hydrogens is 373 g/mol. The second-order valence-corrected chi connectivity index (χ2v) is 9.13. The van der Waals surface area contributed by atoms with E-state index < -0.39 is 26.4 Å². The topological polar surface area (TPSA) is 63.7 Å². The summed E-state index contributed by atoms with van der Waals surface area (Å²) in [6.45, 7) is 1.96. The van der Waals surface area contributed by atoms with Gasteiger partial charge in [-0.15, -0.1) is 0 Å². The number of fused-ring (bicyclic) bond motifs is 2. The Balaban J connectivity index is 1.89. The number of carbonyl (C=O) groups excluding carboxylic acids is 1. The predicted molar refractivity (Wildman–Crippen MR) is 91.5 cm³/mol. The smallest absolute Gasteiger partial charge is 0.340 e. The standard InChI is InChI=1S/C16H17Cl2NO4S/c1-11-4-6-13(7-5-11)24(21,22)19-10-16(23-15(20)14(17)18)8-2-3-12(19)9-16/h2,4-8,12,14H,3,9-10H2,1H3/t12-,16-/m1/s1. The van der Waals surface area contributed by atoms with Crippen LogP contribution in [-0.2, 0) is 19.6 Å². The van der Waals surface area contributed by atoms with Crippen LogP contribution in [0, 0.1) is 6.92 Å². The van der Waals surface area contributed by atoms with Crippen molar-refractivity contribution in [2.24, 2.45) is 0 Å². The molecule has 1 aliphatic heterocycles. The molecule has 1 fully saturated rings. The van der Waals surface area contributed by atoms with Crippen LogP contribution < -0.4 is 0 Å². The minimum absolute atomic E-state index is 0.0661. The molecule has 130 valence electrons. The molecule has 0 unspecified atom stereocenters. The van der Waals surface area contributed by atoms with Gasteiger partial charge in [-0.05, 0) is 31.6 Å². The Morgan fingerprint density at radius 3 is 2.62 bits per heavy atom. The number of esters is 1. The van der Waals surface area contributed by atoms with Crippen LogP contribution in [-0.4, -0.2) is 41.7 Å². The van der Waals surface area contributed by atoms with Gasteiger partial charge in [0.15, 0.2) is 0 Å². The Morgan fingerprint density at radius 2 is 2.00 bits per heavy atom. The van der Waals surface area contributed by atoms with Crippen molar-refractivity contribution in [1.82, 2.24) is 4.31 Å². The van der Waals surface area contributed by atoms with Gasteiger partial charge in [0.25, 0.3) is 0 Å². The van der Waals surface area contributed by atoms with Crippen LogP contribution in [0.4, 0.5) is 0 Å². The van der Waals surface area contributed by atoms with Crippen molar-refractivity contribution < 1.29 is 17.9 Å². The summed E-state index contributed by atoms with van der Waals surface area (Å²) in [5.74, 6) is -0.766. The van der Waals surface area contributed by atoms with Crippen LogP contribution in [0.3, 0.4) is 0 Å². The number of halogens is 2. The summed E-state index contributed by atoms with van der Waals surface area (Å²) in [5, 5.41) is 0. The Morgan fingerprint density at radius 1 is 1.33 bits per heavy atom. The van der Waals surface area contributed by atoms with E-state index in [2.05, 4.69) is 0 Å². The SMILES string of the molecule is Cc1ccc(S(=O)(=O)N2C[C@@]3(OC(=O)C(Cl)Cl)C=CC[C@@H]2C3)cc1. The first kappa shape index (κ1) is 17.7. The first-order valence-electron chi connectivity index (χ1n) is 7.51. The van der Waals surface area contributed by atoms with E-state index in [1.165, 1.54) is 4.31 Å². The maximum atomic E-state index is 13.0. The molecule has 1 aliphatic carbocycles. The first-order valence-corrected chi connectivity index (χ1v) is 9.82. The molecule has 24 heavy (non-hydrogen) atoms. The molecule has 1 heterocycles. The molecule has 1 aromatic carbocycles.